The second-order valence-corrected chi connectivity index (χ2v) is 6.41. The molecule has 1 aliphatic heterocycles. The van der Waals surface area contributed by atoms with Crippen molar-refractivity contribution in [1.29, 1.82) is 0 Å². The third-order valence-corrected chi connectivity index (χ3v) is 4.51. The second kappa shape index (κ2) is 7.49. The topological polar surface area (TPSA) is 70.4 Å². The third-order valence-electron chi connectivity index (χ3n) is 4.51. The van der Waals surface area contributed by atoms with Crippen molar-refractivity contribution in [2.45, 2.75) is 25.9 Å². The summed E-state index contributed by atoms with van der Waals surface area (Å²) in [6.45, 7) is 4.15. The average molecular weight is 328 g/mol. The van der Waals surface area contributed by atoms with E-state index in [2.05, 4.69) is 22.5 Å². The molecule has 2 N–H and O–H groups in total. The van der Waals surface area contributed by atoms with E-state index in [9.17, 15) is 9.90 Å². The smallest absolute Gasteiger partial charge is 0.317 e. The van der Waals surface area contributed by atoms with Crippen LogP contribution >= 0.6 is 0 Å². The maximum atomic E-state index is 12.3. The van der Waals surface area contributed by atoms with E-state index in [1.165, 1.54) is 5.56 Å². The molecule has 2 heterocycles. The Morgan fingerprint density at radius 1 is 1.42 bits per heavy atom. The second-order valence-electron chi connectivity index (χ2n) is 6.41. The predicted molar refractivity (Wildman–Crippen MR) is 91.5 cm³/mol. The molecule has 1 aromatic heterocycles. The highest BCUT2D eigenvalue weighted by Gasteiger charge is 2.26. The molecule has 1 aliphatic rings. The molecular weight excluding hydrogens is 304 g/mol. The summed E-state index contributed by atoms with van der Waals surface area (Å²) in [5, 5.41) is 16.6. The maximum Gasteiger partial charge on any atom is 0.317 e. The molecule has 128 valence electrons. The SMILES string of the molecule is CC(NC(=O)N1CCC(CO)C1)c1cnn(Cc2ccccc2)c1. The van der Waals surface area contributed by atoms with Crippen LogP contribution in [0.4, 0.5) is 4.79 Å². The summed E-state index contributed by atoms with van der Waals surface area (Å²) in [5.41, 5.74) is 2.17. The number of hydrogen-bond acceptors (Lipinski definition) is 3. The minimum atomic E-state index is -0.102. The van der Waals surface area contributed by atoms with Gasteiger partial charge in [-0.25, -0.2) is 4.79 Å². The average Bonchev–Trinajstić information content (AvgIpc) is 3.25. The largest absolute Gasteiger partial charge is 0.396 e. The molecule has 1 fully saturated rings. The van der Waals surface area contributed by atoms with Gasteiger partial charge in [0.2, 0.25) is 0 Å². The lowest BCUT2D eigenvalue weighted by Gasteiger charge is -2.20. The number of aromatic nitrogens is 2. The van der Waals surface area contributed by atoms with Gasteiger partial charge in [-0.1, -0.05) is 30.3 Å². The van der Waals surface area contributed by atoms with Crippen LogP contribution in [0.5, 0.6) is 0 Å². The zero-order valence-corrected chi connectivity index (χ0v) is 13.9. The predicted octanol–water partition coefficient (Wildman–Crippen LogP) is 2.02. The van der Waals surface area contributed by atoms with Crippen molar-refractivity contribution in [1.82, 2.24) is 20.0 Å². The van der Waals surface area contributed by atoms with Crippen LogP contribution in [0.25, 0.3) is 0 Å². The fourth-order valence-corrected chi connectivity index (χ4v) is 2.99. The first-order valence-electron chi connectivity index (χ1n) is 8.38. The summed E-state index contributed by atoms with van der Waals surface area (Å²) in [5.74, 6) is 0.208. The minimum Gasteiger partial charge on any atom is -0.396 e. The van der Waals surface area contributed by atoms with E-state index in [-0.39, 0.29) is 24.6 Å². The van der Waals surface area contributed by atoms with Crippen LogP contribution in [-0.4, -0.2) is 45.5 Å². The van der Waals surface area contributed by atoms with Gasteiger partial charge in [-0.2, -0.15) is 5.10 Å². The molecule has 6 heteroatoms. The summed E-state index contributed by atoms with van der Waals surface area (Å²) in [6.07, 6.45) is 4.64. The summed E-state index contributed by atoms with van der Waals surface area (Å²) in [4.78, 5) is 14.1. The highest BCUT2D eigenvalue weighted by molar-refractivity contribution is 5.75. The first-order chi connectivity index (χ1) is 11.7. The molecule has 1 saturated heterocycles. The first-order valence-corrected chi connectivity index (χ1v) is 8.38. The van der Waals surface area contributed by atoms with Gasteiger partial charge in [0.05, 0.1) is 18.8 Å². The Labute approximate surface area is 142 Å². The maximum absolute atomic E-state index is 12.3. The molecule has 0 bridgehead atoms. The first kappa shape index (κ1) is 16.5. The summed E-state index contributed by atoms with van der Waals surface area (Å²) >= 11 is 0. The van der Waals surface area contributed by atoms with Crippen LogP contribution in [0, 0.1) is 5.92 Å². The fourth-order valence-electron chi connectivity index (χ4n) is 2.99. The molecule has 0 saturated carbocycles. The number of aliphatic hydroxyl groups excluding tert-OH is 1. The lowest BCUT2D eigenvalue weighted by atomic mass is 10.1. The standard InChI is InChI=1S/C18H24N4O2/c1-14(20-18(24)21-8-7-16(10-21)13-23)17-9-19-22(12-17)11-15-5-3-2-4-6-15/h2-6,9,12,14,16,23H,7-8,10-11,13H2,1H3,(H,20,24). The fraction of sp³-hybridized carbons (Fsp3) is 0.444. The Kier molecular flexibility index (Phi) is 5.15. The van der Waals surface area contributed by atoms with Crippen molar-refractivity contribution in [3.8, 4) is 0 Å². The van der Waals surface area contributed by atoms with E-state index in [0.717, 1.165) is 12.0 Å². The number of aliphatic hydroxyl groups is 1. The van der Waals surface area contributed by atoms with Crippen molar-refractivity contribution < 1.29 is 9.90 Å². The van der Waals surface area contributed by atoms with Gasteiger partial charge in [-0.15, -0.1) is 0 Å². The van der Waals surface area contributed by atoms with Gasteiger partial charge >= 0.3 is 6.03 Å². The Morgan fingerprint density at radius 2 is 2.21 bits per heavy atom. The van der Waals surface area contributed by atoms with Crippen LogP contribution in [0.3, 0.4) is 0 Å². The number of benzene rings is 1. The monoisotopic (exact) mass is 328 g/mol. The highest BCUT2D eigenvalue weighted by atomic mass is 16.3. The van der Waals surface area contributed by atoms with Gasteiger partial charge in [0, 0.05) is 37.4 Å². The zero-order chi connectivity index (χ0) is 16.9. The molecule has 2 aromatic rings. The molecule has 0 spiro atoms. The van der Waals surface area contributed by atoms with E-state index in [1.54, 1.807) is 11.1 Å². The lowest BCUT2D eigenvalue weighted by molar-refractivity contribution is 0.195. The van der Waals surface area contributed by atoms with Gasteiger partial charge in [0.1, 0.15) is 0 Å². The summed E-state index contributed by atoms with van der Waals surface area (Å²) in [7, 11) is 0. The number of nitrogens with one attached hydrogen (secondary N) is 1. The molecule has 6 nitrogen and oxygen atoms in total. The number of urea groups is 1. The van der Waals surface area contributed by atoms with Crippen LogP contribution in [0.15, 0.2) is 42.7 Å². The Hall–Kier alpha value is -2.34. The molecule has 1 aromatic carbocycles. The Morgan fingerprint density at radius 3 is 2.92 bits per heavy atom. The quantitative estimate of drug-likeness (QED) is 0.882. The number of amides is 2. The van der Waals surface area contributed by atoms with Gasteiger partial charge in [-0.3, -0.25) is 4.68 Å². The zero-order valence-electron chi connectivity index (χ0n) is 13.9. The Bertz CT molecular complexity index is 671. The number of rotatable bonds is 5. The molecule has 0 aliphatic carbocycles. The van der Waals surface area contributed by atoms with Crippen molar-refractivity contribution in [2.24, 2.45) is 5.92 Å². The van der Waals surface area contributed by atoms with E-state index < -0.39 is 0 Å². The molecule has 2 amide bonds. The molecule has 3 rings (SSSR count). The molecule has 2 unspecified atom stereocenters. The van der Waals surface area contributed by atoms with E-state index >= 15 is 0 Å². The van der Waals surface area contributed by atoms with Crippen molar-refractivity contribution in [2.75, 3.05) is 19.7 Å². The van der Waals surface area contributed by atoms with Gasteiger partial charge in [0.25, 0.3) is 0 Å². The number of carbonyl (C=O) groups excluding carboxylic acids is 1. The summed E-state index contributed by atoms with van der Waals surface area (Å²) < 4.78 is 1.88. The number of likely N-dealkylation sites (tertiary alicyclic amines) is 1. The molecule has 24 heavy (non-hydrogen) atoms. The number of carbonyl (C=O) groups is 1. The van der Waals surface area contributed by atoms with Crippen molar-refractivity contribution in [3.05, 3.63) is 53.9 Å². The van der Waals surface area contributed by atoms with E-state index in [1.807, 2.05) is 36.0 Å². The molecule has 2 atom stereocenters. The van der Waals surface area contributed by atoms with Crippen LogP contribution < -0.4 is 5.32 Å². The highest BCUT2D eigenvalue weighted by Crippen LogP contribution is 2.17. The number of hydrogen-bond donors (Lipinski definition) is 2. The third kappa shape index (κ3) is 3.94. The molecule has 0 radical (unpaired) electrons. The van der Waals surface area contributed by atoms with Gasteiger partial charge < -0.3 is 15.3 Å². The summed E-state index contributed by atoms with van der Waals surface area (Å²) in [6, 6.07) is 9.98. The van der Waals surface area contributed by atoms with Crippen molar-refractivity contribution >= 4 is 6.03 Å². The molecular formula is C18H24N4O2. The normalized spacial score (nSPS) is 18.6. The van der Waals surface area contributed by atoms with E-state index in [0.29, 0.717) is 19.6 Å². The van der Waals surface area contributed by atoms with Gasteiger partial charge in [0.15, 0.2) is 0 Å². The number of nitrogens with zero attached hydrogens (tertiary/aromatic N) is 3. The lowest BCUT2D eigenvalue weighted by Crippen LogP contribution is -2.39. The van der Waals surface area contributed by atoms with Gasteiger partial charge in [-0.05, 0) is 18.9 Å². The Balaban J connectivity index is 1.56. The minimum absolute atomic E-state index is 0.0748. The van der Waals surface area contributed by atoms with E-state index in [4.69, 9.17) is 0 Å². The van der Waals surface area contributed by atoms with Crippen LogP contribution in [0.1, 0.15) is 30.5 Å². The van der Waals surface area contributed by atoms with Crippen LogP contribution in [0.2, 0.25) is 0 Å². The van der Waals surface area contributed by atoms with Crippen molar-refractivity contribution in [3.63, 3.8) is 0 Å². The van der Waals surface area contributed by atoms with Crippen LogP contribution in [-0.2, 0) is 6.54 Å².